The van der Waals surface area contributed by atoms with E-state index in [1.807, 2.05) is 0 Å². The Balaban J connectivity index is 2.43. The number of halogens is 4. The molecule has 0 amide bonds. The summed E-state index contributed by atoms with van der Waals surface area (Å²) in [5.41, 5.74) is 0.428. The lowest BCUT2D eigenvalue weighted by Crippen LogP contribution is -2.22. The minimum Gasteiger partial charge on any atom is -0.294 e. The Hall–Kier alpha value is -1.17. The molecule has 0 fully saturated rings. The van der Waals surface area contributed by atoms with Crippen LogP contribution in [-0.2, 0) is 4.79 Å². The van der Waals surface area contributed by atoms with Gasteiger partial charge in [-0.15, -0.1) is 0 Å². The molecule has 0 aliphatic rings. The van der Waals surface area contributed by atoms with Crippen LogP contribution in [0.4, 0.5) is 13.2 Å². The molecule has 0 saturated heterocycles. The highest BCUT2D eigenvalue weighted by atomic mass is 79.9. The van der Waals surface area contributed by atoms with E-state index in [2.05, 4.69) is 15.9 Å². The van der Waals surface area contributed by atoms with Gasteiger partial charge in [-0.3, -0.25) is 9.59 Å². The second-order valence-corrected chi connectivity index (χ2v) is 4.62. The van der Waals surface area contributed by atoms with Gasteiger partial charge in [-0.1, -0.05) is 28.1 Å². The van der Waals surface area contributed by atoms with Gasteiger partial charge in [0, 0.05) is 22.9 Å². The number of hydrogen-bond donors (Lipinski definition) is 0. The average Bonchev–Trinajstić information content (AvgIpc) is 2.28. The number of alkyl halides is 3. The highest BCUT2D eigenvalue weighted by molar-refractivity contribution is 9.10. The highest BCUT2D eigenvalue weighted by Crippen LogP contribution is 2.20. The second kappa shape index (κ2) is 6.13. The Morgan fingerprint density at radius 2 is 1.61 bits per heavy atom. The van der Waals surface area contributed by atoms with Crippen molar-refractivity contribution >= 4 is 27.5 Å². The topological polar surface area (TPSA) is 34.1 Å². The largest absolute Gasteiger partial charge is 0.449 e. The second-order valence-electron chi connectivity index (χ2n) is 3.70. The summed E-state index contributed by atoms with van der Waals surface area (Å²) in [4.78, 5) is 22.2. The number of hydrogen-bond acceptors (Lipinski definition) is 2. The number of rotatable bonds is 5. The summed E-state index contributed by atoms with van der Waals surface area (Å²) in [5.74, 6) is -2.05. The van der Waals surface area contributed by atoms with Crippen LogP contribution in [0.3, 0.4) is 0 Å². The molecule has 0 unspecified atom stereocenters. The van der Waals surface area contributed by atoms with Crippen molar-refractivity contribution in [2.24, 2.45) is 0 Å². The standard InChI is InChI=1S/C12H10BrF3O2/c13-9-6-4-8(5-7-9)10(17)2-1-3-11(18)12(14,15)16/h4-7H,1-3H2. The quantitative estimate of drug-likeness (QED) is 0.770. The molecule has 0 heterocycles. The average molecular weight is 323 g/mol. The molecule has 2 nitrogen and oxygen atoms in total. The Labute approximate surface area is 110 Å². The fourth-order valence-electron chi connectivity index (χ4n) is 1.33. The fourth-order valence-corrected chi connectivity index (χ4v) is 1.60. The lowest BCUT2D eigenvalue weighted by Gasteiger charge is -2.04. The molecule has 0 spiro atoms. The van der Waals surface area contributed by atoms with Crippen LogP contribution in [0.25, 0.3) is 0 Å². The van der Waals surface area contributed by atoms with Crippen molar-refractivity contribution < 1.29 is 22.8 Å². The van der Waals surface area contributed by atoms with E-state index in [0.29, 0.717) is 5.56 Å². The van der Waals surface area contributed by atoms with Crippen molar-refractivity contribution in [2.75, 3.05) is 0 Å². The lowest BCUT2D eigenvalue weighted by molar-refractivity contribution is -0.171. The zero-order chi connectivity index (χ0) is 13.8. The maximum Gasteiger partial charge on any atom is 0.449 e. The van der Waals surface area contributed by atoms with Gasteiger partial charge in [0.15, 0.2) is 5.78 Å². The Morgan fingerprint density at radius 3 is 2.11 bits per heavy atom. The van der Waals surface area contributed by atoms with Crippen LogP contribution in [0, 0.1) is 0 Å². The molecular weight excluding hydrogens is 313 g/mol. The van der Waals surface area contributed by atoms with Crippen LogP contribution >= 0.6 is 15.9 Å². The molecule has 6 heteroatoms. The van der Waals surface area contributed by atoms with Crippen LogP contribution in [0.15, 0.2) is 28.7 Å². The van der Waals surface area contributed by atoms with Crippen molar-refractivity contribution in [3.63, 3.8) is 0 Å². The van der Waals surface area contributed by atoms with E-state index in [-0.39, 0.29) is 18.6 Å². The van der Waals surface area contributed by atoms with Gasteiger partial charge in [-0.25, -0.2) is 0 Å². The van der Waals surface area contributed by atoms with Crippen LogP contribution in [0.2, 0.25) is 0 Å². The molecule has 0 N–H and O–H groups in total. The van der Waals surface area contributed by atoms with E-state index in [9.17, 15) is 22.8 Å². The third-order valence-electron chi connectivity index (χ3n) is 2.29. The maximum atomic E-state index is 11.9. The maximum absolute atomic E-state index is 11.9. The summed E-state index contributed by atoms with van der Waals surface area (Å²) in [6.07, 6.45) is -5.61. The number of carbonyl (C=O) groups is 2. The zero-order valence-electron chi connectivity index (χ0n) is 9.26. The minimum absolute atomic E-state index is 0.0660. The van der Waals surface area contributed by atoms with Crippen molar-refractivity contribution in [3.05, 3.63) is 34.3 Å². The predicted octanol–water partition coefficient (Wildman–Crippen LogP) is 3.93. The number of benzene rings is 1. The van der Waals surface area contributed by atoms with Crippen LogP contribution in [-0.4, -0.2) is 17.7 Å². The van der Waals surface area contributed by atoms with E-state index >= 15 is 0 Å². The van der Waals surface area contributed by atoms with Crippen molar-refractivity contribution in [3.8, 4) is 0 Å². The van der Waals surface area contributed by atoms with E-state index in [1.54, 1.807) is 24.3 Å². The lowest BCUT2D eigenvalue weighted by atomic mass is 10.0. The van der Waals surface area contributed by atoms with Crippen LogP contribution < -0.4 is 0 Å². The Morgan fingerprint density at radius 1 is 1.06 bits per heavy atom. The molecular formula is C12H10BrF3O2. The summed E-state index contributed by atoms with van der Waals surface area (Å²) in [7, 11) is 0. The minimum atomic E-state index is -4.80. The van der Waals surface area contributed by atoms with Crippen LogP contribution in [0.1, 0.15) is 29.6 Å². The van der Waals surface area contributed by atoms with Crippen molar-refractivity contribution in [1.29, 1.82) is 0 Å². The zero-order valence-corrected chi connectivity index (χ0v) is 10.8. The molecule has 0 aliphatic carbocycles. The van der Waals surface area contributed by atoms with Gasteiger partial charge < -0.3 is 0 Å². The van der Waals surface area contributed by atoms with Gasteiger partial charge >= 0.3 is 6.18 Å². The molecule has 98 valence electrons. The number of carbonyl (C=O) groups excluding carboxylic acids is 2. The van der Waals surface area contributed by atoms with E-state index < -0.39 is 18.4 Å². The van der Waals surface area contributed by atoms with Gasteiger partial charge in [-0.2, -0.15) is 13.2 Å². The van der Waals surface area contributed by atoms with Crippen molar-refractivity contribution in [1.82, 2.24) is 0 Å². The first-order valence-corrected chi connectivity index (χ1v) is 5.99. The molecule has 18 heavy (non-hydrogen) atoms. The Kier molecular flexibility index (Phi) is 5.07. The van der Waals surface area contributed by atoms with Crippen molar-refractivity contribution in [2.45, 2.75) is 25.4 Å². The number of Topliss-reactive ketones (excluding diaryl/α,β-unsaturated/α-hetero) is 2. The summed E-state index contributed by atoms with van der Waals surface area (Å²) in [6, 6.07) is 6.51. The van der Waals surface area contributed by atoms with Crippen LogP contribution in [0.5, 0.6) is 0 Å². The monoisotopic (exact) mass is 322 g/mol. The van der Waals surface area contributed by atoms with Gasteiger partial charge in [0.05, 0.1) is 0 Å². The molecule has 1 rings (SSSR count). The molecule has 1 aromatic rings. The first-order valence-electron chi connectivity index (χ1n) is 5.19. The van der Waals surface area contributed by atoms with E-state index in [4.69, 9.17) is 0 Å². The third-order valence-corrected chi connectivity index (χ3v) is 2.82. The highest BCUT2D eigenvalue weighted by Gasteiger charge is 2.37. The smallest absolute Gasteiger partial charge is 0.294 e. The molecule has 0 atom stereocenters. The molecule has 0 saturated carbocycles. The first-order chi connectivity index (χ1) is 8.30. The summed E-state index contributed by atoms with van der Waals surface area (Å²) < 4.78 is 36.5. The fraction of sp³-hybridized carbons (Fsp3) is 0.333. The molecule has 0 bridgehead atoms. The molecule has 1 aromatic carbocycles. The normalized spacial score (nSPS) is 11.3. The van der Waals surface area contributed by atoms with E-state index in [1.165, 1.54) is 0 Å². The summed E-state index contributed by atoms with van der Waals surface area (Å²) in [5, 5.41) is 0. The number of ketones is 2. The van der Waals surface area contributed by atoms with Gasteiger partial charge in [0.1, 0.15) is 0 Å². The first kappa shape index (κ1) is 14.9. The van der Waals surface area contributed by atoms with Gasteiger partial charge in [0.25, 0.3) is 0 Å². The molecule has 0 aliphatic heterocycles. The summed E-state index contributed by atoms with van der Waals surface area (Å²) in [6.45, 7) is 0. The predicted molar refractivity (Wildman–Crippen MR) is 63.4 cm³/mol. The SMILES string of the molecule is O=C(CCCC(=O)C(F)(F)F)c1ccc(Br)cc1. The van der Waals surface area contributed by atoms with Gasteiger partial charge in [-0.05, 0) is 18.6 Å². The third kappa shape index (κ3) is 4.60. The van der Waals surface area contributed by atoms with E-state index in [0.717, 1.165) is 4.47 Å². The van der Waals surface area contributed by atoms with Gasteiger partial charge in [0.2, 0.25) is 5.78 Å². The molecule has 0 radical (unpaired) electrons. The Bertz CT molecular complexity index is 438. The molecule has 0 aromatic heterocycles. The summed E-state index contributed by atoms with van der Waals surface area (Å²) >= 11 is 3.21.